The summed E-state index contributed by atoms with van der Waals surface area (Å²) in [4.78, 5) is 14.6. The zero-order valence-corrected chi connectivity index (χ0v) is 12.7. The van der Waals surface area contributed by atoms with E-state index in [9.17, 15) is 9.18 Å². The molecule has 2 aliphatic rings. The second-order valence-corrected chi connectivity index (χ2v) is 6.23. The molecule has 1 aliphatic carbocycles. The van der Waals surface area contributed by atoms with Crippen LogP contribution in [0.25, 0.3) is 0 Å². The maximum atomic E-state index is 13.4. The van der Waals surface area contributed by atoms with Crippen LogP contribution in [0, 0.1) is 17.7 Å². The van der Waals surface area contributed by atoms with Gasteiger partial charge in [0, 0.05) is 12.5 Å². The van der Waals surface area contributed by atoms with Gasteiger partial charge in [-0.3, -0.25) is 4.79 Å². The summed E-state index contributed by atoms with van der Waals surface area (Å²) in [7, 11) is 0. The fourth-order valence-corrected chi connectivity index (χ4v) is 3.64. The van der Waals surface area contributed by atoms with Crippen molar-refractivity contribution in [2.24, 2.45) is 17.6 Å². The zero-order chi connectivity index (χ0) is 15.5. The maximum absolute atomic E-state index is 13.4. The summed E-state index contributed by atoms with van der Waals surface area (Å²) in [6, 6.07) is 6.42. The van der Waals surface area contributed by atoms with Crippen LogP contribution < -0.4 is 5.73 Å². The predicted octanol–water partition coefficient (Wildman–Crippen LogP) is 2.10. The molecule has 1 unspecified atom stereocenters. The number of morpholine rings is 1. The molecule has 0 spiro atoms. The highest BCUT2D eigenvalue weighted by atomic mass is 19.1. The number of amides is 1. The van der Waals surface area contributed by atoms with Crippen molar-refractivity contribution in [2.75, 3.05) is 26.2 Å². The van der Waals surface area contributed by atoms with Gasteiger partial charge >= 0.3 is 0 Å². The molecule has 1 saturated heterocycles. The third kappa shape index (κ3) is 3.15. The van der Waals surface area contributed by atoms with Crippen LogP contribution >= 0.6 is 0 Å². The van der Waals surface area contributed by atoms with E-state index in [1.807, 2.05) is 11.0 Å². The summed E-state index contributed by atoms with van der Waals surface area (Å²) >= 11 is 0. The lowest BCUT2D eigenvalue weighted by Crippen LogP contribution is -2.46. The fourth-order valence-electron chi connectivity index (χ4n) is 3.64. The van der Waals surface area contributed by atoms with Gasteiger partial charge in [0.05, 0.1) is 13.2 Å². The predicted molar refractivity (Wildman–Crippen MR) is 81.6 cm³/mol. The molecule has 2 N–H and O–H groups in total. The van der Waals surface area contributed by atoms with Crippen molar-refractivity contribution in [3.05, 3.63) is 35.6 Å². The van der Waals surface area contributed by atoms with Crippen molar-refractivity contribution in [3.8, 4) is 0 Å². The van der Waals surface area contributed by atoms with Crippen molar-refractivity contribution in [1.82, 2.24) is 4.90 Å². The third-order valence-electron chi connectivity index (χ3n) is 4.88. The number of hydrogen-bond donors (Lipinski definition) is 1. The molecule has 4 nitrogen and oxygen atoms in total. The summed E-state index contributed by atoms with van der Waals surface area (Å²) in [6.07, 6.45) is 2.81. The SMILES string of the molecule is NC[C@H]1CCC[C@H]1C(=O)N1CCOC(c2cccc(F)c2)C1. The lowest BCUT2D eigenvalue weighted by atomic mass is 9.94. The largest absolute Gasteiger partial charge is 0.370 e. The number of rotatable bonds is 3. The quantitative estimate of drug-likeness (QED) is 0.930. The normalized spacial score (nSPS) is 28.8. The first-order valence-electron chi connectivity index (χ1n) is 8.05. The molecule has 0 bridgehead atoms. The molecular weight excluding hydrogens is 283 g/mol. The molecule has 1 aliphatic heterocycles. The first-order chi connectivity index (χ1) is 10.7. The van der Waals surface area contributed by atoms with Gasteiger partial charge in [-0.05, 0) is 43.0 Å². The zero-order valence-electron chi connectivity index (χ0n) is 12.7. The van der Waals surface area contributed by atoms with Gasteiger partial charge in [-0.1, -0.05) is 18.6 Å². The van der Waals surface area contributed by atoms with Crippen LogP contribution in [-0.4, -0.2) is 37.0 Å². The summed E-state index contributed by atoms with van der Waals surface area (Å²) in [5.41, 5.74) is 6.58. The fraction of sp³-hybridized carbons (Fsp3) is 0.588. The van der Waals surface area contributed by atoms with Crippen molar-refractivity contribution < 1.29 is 13.9 Å². The Morgan fingerprint density at radius 3 is 3.05 bits per heavy atom. The molecule has 3 rings (SSSR count). The first-order valence-corrected chi connectivity index (χ1v) is 8.05. The Bertz CT molecular complexity index is 537. The number of nitrogens with zero attached hydrogens (tertiary/aromatic N) is 1. The summed E-state index contributed by atoms with van der Waals surface area (Å²) in [5, 5.41) is 0. The minimum absolute atomic E-state index is 0.0521. The van der Waals surface area contributed by atoms with E-state index >= 15 is 0 Å². The van der Waals surface area contributed by atoms with E-state index in [0.29, 0.717) is 32.2 Å². The van der Waals surface area contributed by atoms with Crippen LogP contribution in [0.3, 0.4) is 0 Å². The second kappa shape index (κ2) is 6.75. The number of benzene rings is 1. The highest BCUT2D eigenvalue weighted by molar-refractivity contribution is 5.79. The van der Waals surface area contributed by atoms with E-state index in [4.69, 9.17) is 10.5 Å². The highest BCUT2D eigenvalue weighted by Gasteiger charge is 2.36. The Kier molecular flexibility index (Phi) is 4.74. The molecule has 1 amide bonds. The third-order valence-corrected chi connectivity index (χ3v) is 4.88. The van der Waals surface area contributed by atoms with E-state index < -0.39 is 0 Å². The van der Waals surface area contributed by atoms with Crippen LogP contribution in [0.15, 0.2) is 24.3 Å². The number of carbonyl (C=O) groups is 1. The first kappa shape index (κ1) is 15.4. The van der Waals surface area contributed by atoms with E-state index in [-0.39, 0.29) is 23.7 Å². The Morgan fingerprint density at radius 1 is 1.41 bits per heavy atom. The Morgan fingerprint density at radius 2 is 2.27 bits per heavy atom. The standard InChI is InChI=1S/C17H23FN2O2/c18-14-5-1-3-12(9-14)16-11-20(7-8-22-16)17(21)15-6-2-4-13(15)10-19/h1,3,5,9,13,15-16H,2,4,6-8,10-11,19H2/t13-,15-,16?/m1/s1. The maximum Gasteiger partial charge on any atom is 0.226 e. The smallest absolute Gasteiger partial charge is 0.226 e. The van der Waals surface area contributed by atoms with Gasteiger partial charge in [-0.15, -0.1) is 0 Å². The van der Waals surface area contributed by atoms with E-state index in [2.05, 4.69) is 0 Å². The van der Waals surface area contributed by atoms with Crippen molar-refractivity contribution >= 4 is 5.91 Å². The molecule has 5 heteroatoms. The molecule has 2 fully saturated rings. The number of ether oxygens (including phenoxy) is 1. The Hall–Kier alpha value is -1.46. The molecule has 1 aromatic carbocycles. The van der Waals surface area contributed by atoms with Gasteiger partial charge in [-0.2, -0.15) is 0 Å². The van der Waals surface area contributed by atoms with Crippen molar-refractivity contribution in [3.63, 3.8) is 0 Å². The van der Waals surface area contributed by atoms with Crippen LogP contribution in [0.4, 0.5) is 4.39 Å². The van der Waals surface area contributed by atoms with Crippen molar-refractivity contribution in [1.29, 1.82) is 0 Å². The average Bonchev–Trinajstić information content (AvgIpc) is 3.03. The molecule has 1 heterocycles. The number of carbonyl (C=O) groups excluding carboxylic acids is 1. The van der Waals surface area contributed by atoms with Crippen LogP contribution in [0.1, 0.15) is 30.9 Å². The number of hydrogen-bond acceptors (Lipinski definition) is 3. The summed E-state index contributed by atoms with van der Waals surface area (Å²) in [6.45, 7) is 2.18. The highest BCUT2D eigenvalue weighted by Crippen LogP contribution is 2.33. The van der Waals surface area contributed by atoms with E-state index in [1.54, 1.807) is 6.07 Å². The van der Waals surface area contributed by atoms with Gasteiger partial charge in [0.15, 0.2) is 0 Å². The Labute approximate surface area is 130 Å². The molecule has 0 aromatic heterocycles. The number of halogens is 1. The van der Waals surface area contributed by atoms with Gasteiger partial charge in [-0.25, -0.2) is 4.39 Å². The van der Waals surface area contributed by atoms with E-state index in [0.717, 1.165) is 24.8 Å². The second-order valence-electron chi connectivity index (χ2n) is 6.23. The van der Waals surface area contributed by atoms with Gasteiger partial charge < -0.3 is 15.4 Å². The lowest BCUT2D eigenvalue weighted by molar-refractivity contribution is -0.144. The minimum Gasteiger partial charge on any atom is -0.370 e. The molecule has 3 atom stereocenters. The van der Waals surface area contributed by atoms with Crippen LogP contribution in [-0.2, 0) is 9.53 Å². The molecule has 0 radical (unpaired) electrons. The molecular formula is C17H23FN2O2. The Balaban J connectivity index is 1.69. The average molecular weight is 306 g/mol. The van der Waals surface area contributed by atoms with Crippen molar-refractivity contribution in [2.45, 2.75) is 25.4 Å². The number of nitrogens with two attached hydrogens (primary N) is 1. The monoisotopic (exact) mass is 306 g/mol. The lowest BCUT2D eigenvalue weighted by Gasteiger charge is -2.35. The van der Waals surface area contributed by atoms with Crippen LogP contribution in [0.2, 0.25) is 0 Å². The van der Waals surface area contributed by atoms with E-state index in [1.165, 1.54) is 12.1 Å². The van der Waals surface area contributed by atoms with Gasteiger partial charge in [0.25, 0.3) is 0 Å². The molecule has 1 aromatic rings. The van der Waals surface area contributed by atoms with Gasteiger partial charge in [0.1, 0.15) is 11.9 Å². The molecule has 120 valence electrons. The minimum atomic E-state index is -0.275. The molecule has 22 heavy (non-hydrogen) atoms. The summed E-state index contributed by atoms with van der Waals surface area (Å²) in [5.74, 6) is 0.278. The summed E-state index contributed by atoms with van der Waals surface area (Å²) < 4.78 is 19.1. The van der Waals surface area contributed by atoms with Crippen LogP contribution in [0.5, 0.6) is 0 Å². The molecule has 1 saturated carbocycles. The topological polar surface area (TPSA) is 55.6 Å². The van der Waals surface area contributed by atoms with Gasteiger partial charge in [0.2, 0.25) is 5.91 Å².